The molecule has 2 nitrogen and oxygen atoms in total. The molecule has 0 aromatic heterocycles. The minimum atomic E-state index is 0.217. The lowest BCUT2D eigenvalue weighted by molar-refractivity contribution is -0.119. The molecule has 0 aromatic carbocycles. The van der Waals surface area contributed by atoms with Crippen molar-refractivity contribution in [1.82, 2.24) is 0 Å². The molecule has 1 heterocycles. The molecule has 1 atom stereocenters. The molecule has 0 amide bonds. The van der Waals surface area contributed by atoms with E-state index in [-0.39, 0.29) is 12.5 Å². The van der Waals surface area contributed by atoms with Crippen LogP contribution in [0.2, 0.25) is 0 Å². The van der Waals surface area contributed by atoms with E-state index in [4.69, 9.17) is 5.11 Å². The zero-order valence-electron chi connectivity index (χ0n) is 5.88. The van der Waals surface area contributed by atoms with Crippen molar-refractivity contribution in [3.05, 3.63) is 0 Å². The summed E-state index contributed by atoms with van der Waals surface area (Å²) in [6.07, 6.45) is 1.65. The van der Waals surface area contributed by atoms with Crippen LogP contribution in [-0.4, -0.2) is 29.0 Å². The first-order chi connectivity index (χ1) is 4.84. The van der Waals surface area contributed by atoms with Gasteiger partial charge in [-0.2, -0.15) is 11.8 Å². The Hall–Kier alpha value is -0.0200. The van der Waals surface area contributed by atoms with E-state index in [0.717, 1.165) is 18.6 Å². The first-order valence-corrected chi connectivity index (χ1v) is 4.71. The SMILES string of the molecule is O=C1CSCC1CCCO. The van der Waals surface area contributed by atoms with Crippen molar-refractivity contribution in [2.75, 3.05) is 18.1 Å². The molecule has 58 valence electrons. The van der Waals surface area contributed by atoms with Gasteiger partial charge in [0.1, 0.15) is 5.78 Å². The molecular weight excluding hydrogens is 148 g/mol. The van der Waals surface area contributed by atoms with Crippen LogP contribution in [0.3, 0.4) is 0 Å². The number of carbonyl (C=O) groups is 1. The summed E-state index contributed by atoms with van der Waals surface area (Å²) < 4.78 is 0. The molecular formula is C7H12O2S. The smallest absolute Gasteiger partial charge is 0.146 e. The van der Waals surface area contributed by atoms with Crippen LogP contribution in [0.25, 0.3) is 0 Å². The second-order valence-corrected chi connectivity index (χ2v) is 3.57. The molecule has 0 radical (unpaired) electrons. The number of aliphatic hydroxyl groups is 1. The van der Waals surface area contributed by atoms with Crippen molar-refractivity contribution >= 4 is 17.5 Å². The number of hydrogen-bond acceptors (Lipinski definition) is 3. The Morgan fingerprint density at radius 1 is 1.70 bits per heavy atom. The third-order valence-electron chi connectivity index (χ3n) is 1.73. The van der Waals surface area contributed by atoms with Crippen LogP contribution >= 0.6 is 11.8 Å². The lowest BCUT2D eigenvalue weighted by Gasteiger charge is -2.03. The van der Waals surface area contributed by atoms with Gasteiger partial charge in [-0.3, -0.25) is 4.79 Å². The van der Waals surface area contributed by atoms with Crippen LogP contribution in [0.5, 0.6) is 0 Å². The molecule has 0 aliphatic carbocycles. The molecule has 0 saturated carbocycles. The molecule has 1 unspecified atom stereocenters. The quantitative estimate of drug-likeness (QED) is 0.660. The van der Waals surface area contributed by atoms with Gasteiger partial charge >= 0.3 is 0 Å². The second-order valence-electron chi connectivity index (χ2n) is 2.54. The minimum absolute atomic E-state index is 0.217. The summed E-state index contributed by atoms with van der Waals surface area (Å²) >= 11 is 1.71. The van der Waals surface area contributed by atoms with E-state index in [1.165, 1.54) is 0 Å². The molecule has 0 spiro atoms. The highest BCUT2D eigenvalue weighted by Gasteiger charge is 2.23. The monoisotopic (exact) mass is 160 g/mol. The topological polar surface area (TPSA) is 37.3 Å². The van der Waals surface area contributed by atoms with Gasteiger partial charge in [0, 0.05) is 18.3 Å². The average molecular weight is 160 g/mol. The summed E-state index contributed by atoms with van der Waals surface area (Å²) in [6, 6.07) is 0. The molecule has 10 heavy (non-hydrogen) atoms. The normalized spacial score (nSPS) is 25.7. The van der Waals surface area contributed by atoms with Crippen LogP contribution in [-0.2, 0) is 4.79 Å². The highest BCUT2D eigenvalue weighted by atomic mass is 32.2. The van der Waals surface area contributed by atoms with E-state index >= 15 is 0 Å². The van der Waals surface area contributed by atoms with Gasteiger partial charge in [-0.05, 0) is 12.8 Å². The van der Waals surface area contributed by atoms with Crippen molar-refractivity contribution in [2.45, 2.75) is 12.8 Å². The fourth-order valence-electron chi connectivity index (χ4n) is 1.09. The summed E-state index contributed by atoms with van der Waals surface area (Å²) in [7, 11) is 0. The number of carbonyl (C=O) groups excluding carboxylic acids is 1. The number of hydrogen-bond donors (Lipinski definition) is 1. The Bertz CT molecular complexity index is 125. The predicted molar refractivity (Wildman–Crippen MR) is 42.1 cm³/mol. The van der Waals surface area contributed by atoms with Crippen LogP contribution in [0.1, 0.15) is 12.8 Å². The summed E-state index contributed by atoms with van der Waals surface area (Å²) in [5, 5.41) is 8.49. The number of aliphatic hydroxyl groups excluding tert-OH is 1. The molecule has 1 rings (SSSR count). The fourth-order valence-corrected chi connectivity index (χ4v) is 2.29. The van der Waals surface area contributed by atoms with Crippen molar-refractivity contribution in [1.29, 1.82) is 0 Å². The lowest BCUT2D eigenvalue weighted by Crippen LogP contribution is -2.11. The first-order valence-electron chi connectivity index (χ1n) is 3.56. The van der Waals surface area contributed by atoms with E-state index in [9.17, 15) is 4.79 Å². The zero-order chi connectivity index (χ0) is 7.40. The zero-order valence-corrected chi connectivity index (χ0v) is 6.69. The van der Waals surface area contributed by atoms with Gasteiger partial charge in [0.05, 0.1) is 5.75 Å². The number of thioether (sulfide) groups is 1. The summed E-state index contributed by atoms with van der Waals surface area (Å²) in [4.78, 5) is 11.0. The van der Waals surface area contributed by atoms with E-state index in [1.807, 2.05) is 0 Å². The van der Waals surface area contributed by atoms with Gasteiger partial charge in [0.2, 0.25) is 0 Å². The molecule has 1 fully saturated rings. The van der Waals surface area contributed by atoms with Gasteiger partial charge in [-0.25, -0.2) is 0 Å². The Morgan fingerprint density at radius 3 is 3.00 bits per heavy atom. The van der Waals surface area contributed by atoms with Crippen molar-refractivity contribution in [3.63, 3.8) is 0 Å². The van der Waals surface area contributed by atoms with E-state index < -0.39 is 0 Å². The molecule has 1 aliphatic heterocycles. The Labute approximate surface area is 65.0 Å². The molecule has 0 bridgehead atoms. The molecule has 1 saturated heterocycles. The molecule has 0 aromatic rings. The van der Waals surface area contributed by atoms with Gasteiger partial charge < -0.3 is 5.11 Å². The molecule has 3 heteroatoms. The van der Waals surface area contributed by atoms with Gasteiger partial charge in [0.15, 0.2) is 0 Å². The Balaban J connectivity index is 2.20. The number of ketones is 1. The van der Waals surface area contributed by atoms with E-state index in [0.29, 0.717) is 11.5 Å². The van der Waals surface area contributed by atoms with Gasteiger partial charge in [-0.15, -0.1) is 0 Å². The van der Waals surface area contributed by atoms with E-state index in [1.54, 1.807) is 11.8 Å². The van der Waals surface area contributed by atoms with E-state index in [2.05, 4.69) is 0 Å². The van der Waals surface area contributed by atoms with Crippen LogP contribution in [0.4, 0.5) is 0 Å². The fraction of sp³-hybridized carbons (Fsp3) is 0.857. The van der Waals surface area contributed by atoms with Crippen LogP contribution in [0, 0.1) is 5.92 Å². The molecule has 1 N–H and O–H groups in total. The van der Waals surface area contributed by atoms with Gasteiger partial charge in [0.25, 0.3) is 0 Å². The predicted octanol–water partition coefficient (Wildman–Crippen LogP) is 0.691. The first kappa shape index (κ1) is 8.08. The van der Waals surface area contributed by atoms with Gasteiger partial charge in [-0.1, -0.05) is 0 Å². The third-order valence-corrected chi connectivity index (χ3v) is 2.86. The second kappa shape index (κ2) is 3.98. The average Bonchev–Trinajstić information content (AvgIpc) is 2.31. The number of Topliss-reactive ketones (excluding diaryl/α,β-unsaturated/α-hetero) is 1. The number of rotatable bonds is 3. The Morgan fingerprint density at radius 2 is 2.50 bits per heavy atom. The maximum absolute atomic E-state index is 11.0. The van der Waals surface area contributed by atoms with Crippen molar-refractivity contribution < 1.29 is 9.90 Å². The highest BCUT2D eigenvalue weighted by Crippen LogP contribution is 2.23. The standard InChI is InChI=1S/C7H12O2S/c8-3-1-2-6-4-10-5-7(6)9/h6,8H,1-5H2. The van der Waals surface area contributed by atoms with Crippen LogP contribution in [0.15, 0.2) is 0 Å². The molecule has 1 aliphatic rings. The summed E-state index contributed by atoms with van der Waals surface area (Å²) in [5.41, 5.74) is 0. The summed E-state index contributed by atoms with van der Waals surface area (Å²) in [6.45, 7) is 0.217. The largest absolute Gasteiger partial charge is 0.396 e. The highest BCUT2D eigenvalue weighted by molar-refractivity contribution is 8.00. The van der Waals surface area contributed by atoms with Crippen LogP contribution < -0.4 is 0 Å². The summed E-state index contributed by atoms with van der Waals surface area (Å²) in [5.74, 6) is 2.28. The minimum Gasteiger partial charge on any atom is -0.396 e. The van der Waals surface area contributed by atoms with Crippen molar-refractivity contribution in [3.8, 4) is 0 Å². The Kier molecular flexibility index (Phi) is 3.22. The maximum Gasteiger partial charge on any atom is 0.146 e. The maximum atomic E-state index is 11.0. The lowest BCUT2D eigenvalue weighted by atomic mass is 10.0. The van der Waals surface area contributed by atoms with Crippen molar-refractivity contribution in [2.24, 2.45) is 5.92 Å². The third kappa shape index (κ3) is 1.99.